The van der Waals surface area contributed by atoms with Crippen LogP contribution in [0.3, 0.4) is 0 Å². The summed E-state index contributed by atoms with van der Waals surface area (Å²) in [6.45, 7) is 3.59. The predicted molar refractivity (Wildman–Crippen MR) is 83.4 cm³/mol. The van der Waals surface area contributed by atoms with E-state index in [1.54, 1.807) is 32.2 Å². The molecule has 0 saturated heterocycles. The van der Waals surface area contributed by atoms with E-state index in [1.165, 1.54) is 7.11 Å². The molecular weight excluding hydrogens is 276 g/mol. The molecule has 6 heteroatoms. The van der Waals surface area contributed by atoms with Crippen LogP contribution in [0, 0.1) is 5.41 Å². The molecule has 1 unspecified atom stereocenters. The summed E-state index contributed by atoms with van der Waals surface area (Å²) in [5.41, 5.74) is 5.33. The fourth-order valence-electron chi connectivity index (χ4n) is 1.61. The van der Waals surface area contributed by atoms with E-state index < -0.39 is 5.41 Å². The highest BCUT2D eigenvalue weighted by Crippen LogP contribution is 2.31. The van der Waals surface area contributed by atoms with Crippen molar-refractivity contribution in [2.24, 2.45) is 11.1 Å². The first-order valence-corrected chi connectivity index (χ1v) is 6.63. The van der Waals surface area contributed by atoms with E-state index in [1.807, 2.05) is 6.92 Å². The minimum atomic E-state index is -0.889. The standard InChI is InChI=1S/C14H20N2O3S/c1-5-14(2,12(15)20)13(17)16-10-7-6-9(18-3)8-11(10)19-4/h6-8H,5H2,1-4H3,(H2,15,20)(H,16,17). The maximum absolute atomic E-state index is 12.4. The first-order chi connectivity index (χ1) is 9.38. The molecule has 0 fully saturated rings. The summed E-state index contributed by atoms with van der Waals surface area (Å²) in [5, 5.41) is 2.80. The minimum absolute atomic E-state index is 0.171. The largest absolute Gasteiger partial charge is 0.497 e. The molecule has 1 amide bonds. The summed E-state index contributed by atoms with van der Waals surface area (Å²) < 4.78 is 10.3. The predicted octanol–water partition coefficient (Wildman–Crippen LogP) is 2.34. The van der Waals surface area contributed by atoms with Gasteiger partial charge in [-0.25, -0.2) is 0 Å². The average molecular weight is 296 g/mol. The van der Waals surface area contributed by atoms with Gasteiger partial charge in [0, 0.05) is 6.07 Å². The molecule has 0 aromatic heterocycles. The molecule has 1 aromatic carbocycles. The lowest BCUT2D eigenvalue weighted by Crippen LogP contribution is -2.43. The number of amides is 1. The van der Waals surface area contributed by atoms with Crippen LogP contribution in [-0.2, 0) is 4.79 Å². The van der Waals surface area contributed by atoms with Crippen molar-refractivity contribution < 1.29 is 14.3 Å². The monoisotopic (exact) mass is 296 g/mol. The number of nitrogens with two attached hydrogens (primary N) is 1. The van der Waals surface area contributed by atoms with Crippen LogP contribution in [0.15, 0.2) is 18.2 Å². The molecular formula is C14H20N2O3S. The molecule has 1 aromatic rings. The second kappa shape index (κ2) is 6.56. The summed E-state index contributed by atoms with van der Waals surface area (Å²) in [7, 11) is 3.09. The first kappa shape index (κ1) is 16.2. The third kappa shape index (κ3) is 3.19. The van der Waals surface area contributed by atoms with Crippen molar-refractivity contribution in [1.29, 1.82) is 0 Å². The number of methoxy groups -OCH3 is 2. The number of ether oxygens (including phenoxy) is 2. The van der Waals surface area contributed by atoms with E-state index in [2.05, 4.69) is 5.32 Å². The Hall–Kier alpha value is -1.82. The fourth-order valence-corrected chi connectivity index (χ4v) is 1.85. The van der Waals surface area contributed by atoms with Crippen LogP contribution in [-0.4, -0.2) is 25.1 Å². The van der Waals surface area contributed by atoms with Crippen molar-refractivity contribution in [2.45, 2.75) is 20.3 Å². The summed E-state index contributed by atoms with van der Waals surface area (Å²) >= 11 is 4.99. The van der Waals surface area contributed by atoms with Gasteiger partial charge in [-0.15, -0.1) is 0 Å². The van der Waals surface area contributed by atoms with Gasteiger partial charge >= 0.3 is 0 Å². The number of hydrogen-bond acceptors (Lipinski definition) is 4. The van der Waals surface area contributed by atoms with Gasteiger partial charge in [-0.3, -0.25) is 4.79 Å². The highest BCUT2D eigenvalue weighted by molar-refractivity contribution is 7.80. The Bertz CT molecular complexity index is 519. The van der Waals surface area contributed by atoms with Crippen molar-refractivity contribution in [3.05, 3.63) is 18.2 Å². The topological polar surface area (TPSA) is 73.6 Å². The van der Waals surface area contributed by atoms with E-state index in [4.69, 9.17) is 27.4 Å². The molecule has 110 valence electrons. The van der Waals surface area contributed by atoms with Crippen LogP contribution >= 0.6 is 12.2 Å². The Kier molecular flexibility index (Phi) is 5.33. The van der Waals surface area contributed by atoms with Gasteiger partial charge in [0.1, 0.15) is 11.5 Å². The average Bonchev–Trinajstić information content (AvgIpc) is 2.46. The Morgan fingerprint density at radius 3 is 2.50 bits per heavy atom. The van der Waals surface area contributed by atoms with Crippen LogP contribution in [0.1, 0.15) is 20.3 Å². The number of rotatable bonds is 6. The molecule has 1 atom stereocenters. The van der Waals surface area contributed by atoms with E-state index in [-0.39, 0.29) is 10.9 Å². The first-order valence-electron chi connectivity index (χ1n) is 6.22. The van der Waals surface area contributed by atoms with Crippen molar-refractivity contribution in [1.82, 2.24) is 0 Å². The second-order valence-electron chi connectivity index (χ2n) is 4.57. The fraction of sp³-hybridized carbons (Fsp3) is 0.429. The lowest BCUT2D eigenvalue weighted by atomic mass is 9.86. The maximum atomic E-state index is 12.4. The normalized spacial score (nSPS) is 13.2. The maximum Gasteiger partial charge on any atom is 0.237 e. The van der Waals surface area contributed by atoms with Crippen LogP contribution in [0.2, 0.25) is 0 Å². The Morgan fingerprint density at radius 1 is 1.40 bits per heavy atom. The molecule has 0 saturated carbocycles. The number of hydrogen-bond donors (Lipinski definition) is 2. The Labute approximate surface area is 124 Å². The SMILES string of the molecule is CCC(C)(C(=O)Nc1ccc(OC)cc1OC)C(N)=S. The van der Waals surface area contributed by atoms with Crippen molar-refractivity contribution in [3.8, 4) is 11.5 Å². The molecule has 0 aliphatic rings. The van der Waals surface area contributed by atoms with Crippen molar-refractivity contribution >= 4 is 28.8 Å². The van der Waals surface area contributed by atoms with Crippen LogP contribution < -0.4 is 20.5 Å². The summed E-state index contributed by atoms with van der Waals surface area (Å²) in [4.78, 5) is 12.5. The number of thiocarbonyl (C=S) groups is 1. The molecule has 0 radical (unpaired) electrons. The molecule has 3 N–H and O–H groups in total. The summed E-state index contributed by atoms with van der Waals surface area (Å²) in [6, 6.07) is 5.15. The lowest BCUT2D eigenvalue weighted by Gasteiger charge is -2.26. The number of carbonyl (C=O) groups excluding carboxylic acids is 1. The van der Waals surface area contributed by atoms with Gasteiger partial charge in [0.25, 0.3) is 0 Å². The number of benzene rings is 1. The molecule has 20 heavy (non-hydrogen) atoms. The third-order valence-electron chi connectivity index (χ3n) is 3.41. The van der Waals surface area contributed by atoms with Gasteiger partial charge in [0.15, 0.2) is 0 Å². The Morgan fingerprint density at radius 2 is 2.05 bits per heavy atom. The molecule has 0 aliphatic carbocycles. The molecule has 5 nitrogen and oxygen atoms in total. The number of carbonyl (C=O) groups is 1. The number of nitrogens with one attached hydrogen (secondary N) is 1. The highest BCUT2D eigenvalue weighted by Gasteiger charge is 2.35. The molecule has 0 bridgehead atoms. The van der Waals surface area contributed by atoms with Gasteiger partial charge in [0.05, 0.1) is 30.3 Å². The van der Waals surface area contributed by atoms with E-state index >= 15 is 0 Å². The van der Waals surface area contributed by atoms with Gasteiger partial charge in [-0.05, 0) is 25.5 Å². The van der Waals surface area contributed by atoms with Crippen LogP contribution in [0.25, 0.3) is 0 Å². The van der Waals surface area contributed by atoms with Gasteiger partial charge in [0.2, 0.25) is 5.91 Å². The molecule has 0 aliphatic heterocycles. The highest BCUT2D eigenvalue weighted by atomic mass is 32.1. The second-order valence-corrected chi connectivity index (χ2v) is 5.01. The van der Waals surface area contributed by atoms with E-state index in [0.717, 1.165) is 0 Å². The molecule has 1 rings (SSSR count). The van der Waals surface area contributed by atoms with E-state index in [0.29, 0.717) is 23.6 Å². The van der Waals surface area contributed by atoms with Crippen molar-refractivity contribution in [3.63, 3.8) is 0 Å². The molecule has 0 spiro atoms. The summed E-state index contributed by atoms with van der Waals surface area (Å²) in [5.74, 6) is 0.905. The zero-order chi connectivity index (χ0) is 15.3. The van der Waals surface area contributed by atoms with Gasteiger partial charge < -0.3 is 20.5 Å². The molecule has 0 heterocycles. The van der Waals surface area contributed by atoms with Crippen molar-refractivity contribution in [2.75, 3.05) is 19.5 Å². The zero-order valence-electron chi connectivity index (χ0n) is 12.1. The van der Waals surface area contributed by atoms with Crippen LogP contribution in [0.5, 0.6) is 11.5 Å². The zero-order valence-corrected chi connectivity index (χ0v) is 13.0. The third-order valence-corrected chi connectivity index (χ3v) is 3.86. The quantitative estimate of drug-likeness (QED) is 0.788. The lowest BCUT2D eigenvalue weighted by molar-refractivity contribution is -0.121. The van der Waals surface area contributed by atoms with Gasteiger partial charge in [-0.1, -0.05) is 19.1 Å². The van der Waals surface area contributed by atoms with Crippen LogP contribution in [0.4, 0.5) is 5.69 Å². The summed E-state index contributed by atoms with van der Waals surface area (Å²) in [6.07, 6.45) is 0.520. The number of anilines is 1. The Balaban J connectivity index is 3.04. The van der Waals surface area contributed by atoms with E-state index in [9.17, 15) is 4.79 Å². The van der Waals surface area contributed by atoms with Gasteiger partial charge in [-0.2, -0.15) is 0 Å². The smallest absolute Gasteiger partial charge is 0.237 e. The minimum Gasteiger partial charge on any atom is -0.497 e.